The van der Waals surface area contributed by atoms with Gasteiger partial charge in [0.1, 0.15) is 5.82 Å². The maximum Gasteiger partial charge on any atom is 0.122 e. The topological polar surface area (TPSA) is 29.9 Å². The van der Waals surface area contributed by atoms with Crippen LogP contribution in [0.25, 0.3) is 0 Å². The molecule has 0 fully saturated rings. The molecule has 0 aromatic carbocycles. The lowest BCUT2D eigenvalue weighted by atomic mass is 10.1. The van der Waals surface area contributed by atoms with Crippen LogP contribution >= 0.6 is 11.3 Å². The van der Waals surface area contributed by atoms with E-state index in [1.54, 1.807) is 11.3 Å². The third-order valence-corrected chi connectivity index (χ3v) is 3.53. The maximum atomic E-state index is 4.42. The van der Waals surface area contributed by atoms with Crippen LogP contribution in [-0.4, -0.2) is 15.1 Å². The summed E-state index contributed by atoms with van der Waals surface area (Å²) in [6, 6.07) is 2.19. The Bertz CT molecular complexity index is 465. The van der Waals surface area contributed by atoms with E-state index in [0.29, 0.717) is 0 Å². The fourth-order valence-electron chi connectivity index (χ4n) is 1.74. The van der Waals surface area contributed by atoms with Gasteiger partial charge in [-0.15, -0.1) is 0 Å². The average molecular weight is 263 g/mol. The lowest BCUT2D eigenvalue weighted by Gasteiger charge is -2.20. The van der Waals surface area contributed by atoms with Gasteiger partial charge in [0.05, 0.1) is 6.54 Å². The smallest absolute Gasteiger partial charge is 0.122 e. The van der Waals surface area contributed by atoms with Gasteiger partial charge in [-0.3, -0.25) is 0 Å². The first-order chi connectivity index (χ1) is 8.54. The third kappa shape index (κ3) is 3.96. The minimum atomic E-state index is 0.129. The van der Waals surface area contributed by atoms with E-state index in [4.69, 9.17) is 0 Å². The Labute approximate surface area is 113 Å². The number of imidazole rings is 1. The van der Waals surface area contributed by atoms with E-state index in [1.165, 1.54) is 5.56 Å². The summed E-state index contributed by atoms with van der Waals surface area (Å²) in [5.41, 5.74) is 1.54. The zero-order chi connectivity index (χ0) is 13.0. The van der Waals surface area contributed by atoms with Crippen molar-refractivity contribution in [3.05, 3.63) is 40.6 Å². The summed E-state index contributed by atoms with van der Waals surface area (Å²) in [7, 11) is 0. The van der Waals surface area contributed by atoms with Crippen molar-refractivity contribution in [2.45, 2.75) is 45.8 Å². The summed E-state index contributed by atoms with van der Waals surface area (Å²) in [4.78, 5) is 4.42. The molecular weight excluding hydrogens is 242 g/mol. The highest BCUT2D eigenvalue weighted by Gasteiger charge is 2.10. The highest BCUT2D eigenvalue weighted by molar-refractivity contribution is 7.07. The van der Waals surface area contributed by atoms with Crippen LogP contribution in [0.3, 0.4) is 0 Å². The minimum absolute atomic E-state index is 0.129. The lowest BCUT2D eigenvalue weighted by molar-refractivity contribution is 0.411. The molecule has 0 spiro atoms. The van der Waals surface area contributed by atoms with Gasteiger partial charge in [0, 0.05) is 24.5 Å². The fraction of sp³-hybridized carbons (Fsp3) is 0.500. The van der Waals surface area contributed by atoms with Gasteiger partial charge in [0.15, 0.2) is 0 Å². The standard InChI is InChI=1S/C14H21N3S/c1-14(2,3)16-10-13-15-6-8-17(13)7-4-12-5-9-18-11-12/h5-6,8-9,11,16H,4,7,10H2,1-3H3. The second-order valence-electron chi connectivity index (χ2n) is 5.52. The minimum Gasteiger partial charge on any atom is -0.334 e. The summed E-state index contributed by atoms with van der Waals surface area (Å²) in [6.07, 6.45) is 5.02. The summed E-state index contributed by atoms with van der Waals surface area (Å²) < 4.78 is 2.23. The quantitative estimate of drug-likeness (QED) is 0.898. The lowest BCUT2D eigenvalue weighted by Crippen LogP contribution is -2.36. The number of aromatic nitrogens is 2. The molecule has 3 nitrogen and oxygen atoms in total. The first-order valence-corrected chi connectivity index (χ1v) is 7.25. The zero-order valence-electron chi connectivity index (χ0n) is 11.3. The van der Waals surface area contributed by atoms with Gasteiger partial charge in [0.2, 0.25) is 0 Å². The molecule has 0 radical (unpaired) electrons. The Kier molecular flexibility index (Phi) is 4.19. The van der Waals surface area contributed by atoms with E-state index in [1.807, 2.05) is 6.20 Å². The van der Waals surface area contributed by atoms with Crippen molar-refractivity contribution in [2.24, 2.45) is 0 Å². The monoisotopic (exact) mass is 263 g/mol. The predicted octanol–water partition coefficient (Wildman–Crippen LogP) is 3.08. The second kappa shape index (κ2) is 5.67. The summed E-state index contributed by atoms with van der Waals surface area (Å²) >= 11 is 1.76. The van der Waals surface area contributed by atoms with Gasteiger partial charge in [0.25, 0.3) is 0 Å². The van der Waals surface area contributed by atoms with Gasteiger partial charge < -0.3 is 9.88 Å². The summed E-state index contributed by atoms with van der Waals surface area (Å²) in [5, 5.41) is 7.82. The van der Waals surface area contributed by atoms with Crippen molar-refractivity contribution in [1.82, 2.24) is 14.9 Å². The van der Waals surface area contributed by atoms with E-state index < -0.39 is 0 Å². The van der Waals surface area contributed by atoms with E-state index >= 15 is 0 Å². The molecule has 0 atom stereocenters. The van der Waals surface area contributed by atoms with Crippen molar-refractivity contribution in [3.8, 4) is 0 Å². The molecule has 2 rings (SSSR count). The average Bonchev–Trinajstić information content (AvgIpc) is 2.94. The first kappa shape index (κ1) is 13.3. The van der Waals surface area contributed by atoms with E-state index in [2.05, 4.69) is 58.7 Å². The number of hydrogen-bond donors (Lipinski definition) is 1. The van der Waals surface area contributed by atoms with E-state index in [9.17, 15) is 0 Å². The molecule has 0 aliphatic carbocycles. The van der Waals surface area contributed by atoms with Crippen molar-refractivity contribution in [1.29, 1.82) is 0 Å². The van der Waals surface area contributed by atoms with Gasteiger partial charge in [-0.05, 0) is 49.6 Å². The number of rotatable bonds is 5. The molecule has 2 aromatic rings. The van der Waals surface area contributed by atoms with Crippen molar-refractivity contribution < 1.29 is 0 Å². The zero-order valence-corrected chi connectivity index (χ0v) is 12.1. The predicted molar refractivity (Wildman–Crippen MR) is 76.8 cm³/mol. The number of aryl methyl sites for hydroxylation is 2. The van der Waals surface area contributed by atoms with Gasteiger partial charge >= 0.3 is 0 Å². The molecule has 18 heavy (non-hydrogen) atoms. The summed E-state index contributed by atoms with van der Waals surface area (Å²) in [6.45, 7) is 8.33. The van der Waals surface area contributed by atoms with Crippen molar-refractivity contribution in [3.63, 3.8) is 0 Å². The molecule has 0 bridgehead atoms. The van der Waals surface area contributed by atoms with Gasteiger partial charge in [-0.1, -0.05) is 0 Å². The Balaban J connectivity index is 1.91. The number of thiophene rings is 1. The van der Waals surface area contributed by atoms with Gasteiger partial charge in [-0.25, -0.2) is 4.98 Å². The highest BCUT2D eigenvalue weighted by atomic mass is 32.1. The SMILES string of the molecule is CC(C)(C)NCc1nccn1CCc1ccsc1. The van der Waals surface area contributed by atoms with Crippen molar-refractivity contribution in [2.75, 3.05) is 0 Å². The van der Waals surface area contributed by atoms with Gasteiger partial charge in [-0.2, -0.15) is 11.3 Å². The third-order valence-electron chi connectivity index (χ3n) is 2.80. The van der Waals surface area contributed by atoms with E-state index in [-0.39, 0.29) is 5.54 Å². The van der Waals surface area contributed by atoms with Crippen LogP contribution in [0.2, 0.25) is 0 Å². The number of nitrogens with one attached hydrogen (secondary N) is 1. The fourth-order valence-corrected chi connectivity index (χ4v) is 2.44. The van der Waals surface area contributed by atoms with Crippen LogP contribution in [0.1, 0.15) is 32.2 Å². The van der Waals surface area contributed by atoms with Crippen molar-refractivity contribution >= 4 is 11.3 Å². The Hall–Kier alpha value is -1.13. The molecule has 2 heterocycles. The number of hydrogen-bond acceptors (Lipinski definition) is 3. The maximum absolute atomic E-state index is 4.42. The summed E-state index contributed by atoms with van der Waals surface area (Å²) in [5.74, 6) is 1.11. The Morgan fingerprint density at radius 2 is 2.22 bits per heavy atom. The normalized spacial score (nSPS) is 11.9. The largest absolute Gasteiger partial charge is 0.334 e. The molecule has 98 valence electrons. The molecule has 1 N–H and O–H groups in total. The van der Waals surface area contributed by atoms with E-state index in [0.717, 1.165) is 25.3 Å². The molecule has 0 aliphatic rings. The highest BCUT2D eigenvalue weighted by Crippen LogP contribution is 2.09. The molecule has 0 aliphatic heterocycles. The molecule has 2 aromatic heterocycles. The Morgan fingerprint density at radius 1 is 1.39 bits per heavy atom. The molecule has 0 saturated heterocycles. The molecule has 0 amide bonds. The van der Waals surface area contributed by atoms with Crippen LogP contribution in [-0.2, 0) is 19.5 Å². The van der Waals surface area contributed by atoms with Crippen LogP contribution in [0.4, 0.5) is 0 Å². The van der Waals surface area contributed by atoms with Crippen LogP contribution in [0, 0.1) is 0 Å². The molecule has 4 heteroatoms. The van der Waals surface area contributed by atoms with Crippen LogP contribution < -0.4 is 5.32 Å². The van der Waals surface area contributed by atoms with Crippen LogP contribution in [0.15, 0.2) is 29.2 Å². The molecule has 0 saturated carbocycles. The molecule has 0 unspecified atom stereocenters. The number of nitrogens with zero attached hydrogens (tertiary/aromatic N) is 2. The second-order valence-corrected chi connectivity index (χ2v) is 6.30. The Morgan fingerprint density at radius 3 is 2.89 bits per heavy atom. The van der Waals surface area contributed by atoms with Crippen LogP contribution in [0.5, 0.6) is 0 Å². The first-order valence-electron chi connectivity index (χ1n) is 6.31. The molecular formula is C14H21N3S.